The first-order valence-electron chi connectivity index (χ1n) is 5.58. The molecule has 2 aromatic rings. The van der Waals surface area contributed by atoms with E-state index in [0.29, 0.717) is 5.56 Å². The average Bonchev–Trinajstić information content (AvgIpc) is 2.91. The zero-order valence-electron chi connectivity index (χ0n) is 10.6. The molecule has 1 N–H and O–H groups in total. The summed E-state index contributed by atoms with van der Waals surface area (Å²) in [4.78, 5) is 14.4. The van der Waals surface area contributed by atoms with Gasteiger partial charge in [0, 0.05) is 25.4 Å². The molecule has 0 radical (unpaired) electrons. The summed E-state index contributed by atoms with van der Waals surface area (Å²) in [7, 11) is -2.36. The van der Waals surface area contributed by atoms with Crippen molar-refractivity contribution in [3.63, 3.8) is 0 Å². The number of sulfonamides is 1. The van der Waals surface area contributed by atoms with E-state index in [1.807, 2.05) is 0 Å². The van der Waals surface area contributed by atoms with Gasteiger partial charge in [0.05, 0.1) is 18.1 Å². The molecule has 0 aliphatic rings. The molecule has 8 heteroatoms. The number of furan rings is 1. The molecular weight excluding hydrogens is 284 g/mol. The molecule has 2 aromatic heterocycles. The summed E-state index contributed by atoms with van der Waals surface area (Å²) >= 11 is 0. The van der Waals surface area contributed by atoms with Crippen molar-refractivity contribution >= 4 is 16.0 Å². The predicted octanol–water partition coefficient (Wildman–Crippen LogP) is 1.19. The number of carboxylic acid groups (broad SMARTS) is 1. The van der Waals surface area contributed by atoms with Crippen LogP contribution < -0.4 is 0 Å². The second-order valence-corrected chi connectivity index (χ2v) is 6.07. The third-order valence-electron chi connectivity index (χ3n) is 2.64. The summed E-state index contributed by atoms with van der Waals surface area (Å²) < 4.78 is 30.4. The summed E-state index contributed by atoms with van der Waals surface area (Å²) in [5.41, 5.74) is 0.639. The highest BCUT2D eigenvalue weighted by molar-refractivity contribution is 7.89. The third-order valence-corrected chi connectivity index (χ3v) is 4.36. The fraction of sp³-hybridized carbons (Fsp3) is 0.167. The topological polar surface area (TPSA) is 101 Å². The van der Waals surface area contributed by atoms with Crippen molar-refractivity contribution in [2.75, 3.05) is 7.05 Å². The number of rotatable bonds is 5. The molecule has 7 nitrogen and oxygen atoms in total. The van der Waals surface area contributed by atoms with Gasteiger partial charge in [-0.05, 0) is 18.2 Å². The van der Waals surface area contributed by atoms with Gasteiger partial charge in [0.1, 0.15) is 0 Å². The van der Waals surface area contributed by atoms with Crippen molar-refractivity contribution in [2.24, 2.45) is 0 Å². The fourth-order valence-electron chi connectivity index (χ4n) is 1.54. The molecule has 0 aromatic carbocycles. The first-order valence-corrected chi connectivity index (χ1v) is 7.02. The van der Waals surface area contributed by atoms with E-state index in [-0.39, 0.29) is 17.1 Å². The van der Waals surface area contributed by atoms with Gasteiger partial charge >= 0.3 is 5.97 Å². The van der Waals surface area contributed by atoms with Gasteiger partial charge in [-0.1, -0.05) is 0 Å². The maximum absolute atomic E-state index is 12.2. The van der Waals surface area contributed by atoms with Gasteiger partial charge in [0.25, 0.3) is 10.0 Å². The summed E-state index contributed by atoms with van der Waals surface area (Å²) in [6.45, 7) is 0.140. The molecule has 0 unspecified atom stereocenters. The Morgan fingerprint density at radius 3 is 2.65 bits per heavy atom. The van der Waals surface area contributed by atoms with Gasteiger partial charge < -0.3 is 9.52 Å². The zero-order valence-corrected chi connectivity index (χ0v) is 11.4. The standard InChI is InChI=1S/C12H12N2O5S/c1-14(7-9-4-5-19-8-9)20(17,18)11-3-2-10(6-13-11)12(15)16/h2-6,8H,7H2,1H3,(H,15,16). The van der Waals surface area contributed by atoms with Crippen LogP contribution in [0.4, 0.5) is 0 Å². The van der Waals surface area contributed by atoms with Crippen LogP contribution in [-0.2, 0) is 16.6 Å². The number of carboxylic acids is 1. The van der Waals surface area contributed by atoms with E-state index in [0.717, 1.165) is 10.5 Å². The molecule has 0 bridgehead atoms. The Morgan fingerprint density at radius 1 is 1.40 bits per heavy atom. The van der Waals surface area contributed by atoms with Crippen LogP contribution in [0, 0.1) is 0 Å². The third kappa shape index (κ3) is 2.86. The van der Waals surface area contributed by atoms with Crippen molar-refractivity contribution < 1.29 is 22.7 Å². The molecule has 0 aliphatic carbocycles. The lowest BCUT2D eigenvalue weighted by atomic mass is 10.3. The van der Waals surface area contributed by atoms with Crippen molar-refractivity contribution in [2.45, 2.75) is 11.6 Å². The molecule has 0 saturated carbocycles. The molecule has 0 atom stereocenters. The van der Waals surface area contributed by atoms with Gasteiger partial charge in [-0.25, -0.2) is 18.2 Å². The lowest BCUT2D eigenvalue weighted by molar-refractivity contribution is 0.0696. The SMILES string of the molecule is CN(Cc1ccoc1)S(=O)(=O)c1ccc(C(=O)O)cn1. The monoisotopic (exact) mass is 296 g/mol. The Balaban J connectivity index is 2.23. The van der Waals surface area contributed by atoms with Gasteiger partial charge in [0.15, 0.2) is 5.03 Å². The first kappa shape index (κ1) is 14.2. The number of aromatic carboxylic acids is 1. The highest BCUT2D eigenvalue weighted by atomic mass is 32.2. The van der Waals surface area contributed by atoms with Crippen LogP contribution in [-0.4, -0.2) is 35.8 Å². The smallest absolute Gasteiger partial charge is 0.337 e. The second-order valence-electron chi connectivity index (χ2n) is 4.08. The Morgan fingerprint density at radius 2 is 2.15 bits per heavy atom. The number of pyridine rings is 1. The molecule has 106 valence electrons. The van der Waals surface area contributed by atoms with Gasteiger partial charge in [-0.15, -0.1) is 0 Å². The minimum atomic E-state index is -3.77. The van der Waals surface area contributed by atoms with Crippen molar-refractivity contribution in [1.29, 1.82) is 0 Å². The van der Waals surface area contributed by atoms with Gasteiger partial charge in [-0.3, -0.25) is 0 Å². The summed E-state index contributed by atoms with van der Waals surface area (Å²) in [5.74, 6) is -1.16. The maximum atomic E-state index is 12.2. The molecule has 0 spiro atoms. The van der Waals surface area contributed by atoms with E-state index in [2.05, 4.69) is 4.98 Å². The van der Waals surface area contributed by atoms with Crippen LogP contribution in [0.2, 0.25) is 0 Å². The molecule has 2 rings (SSSR count). The van der Waals surface area contributed by atoms with Crippen LogP contribution in [0.15, 0.2) is 46.4 Å². The maximum Gasteiger partial charge on any atom is 0.337 e. The quantitative estimate of drug-likeness (QED) is 0.889. The number of hydrogen-bond acceptors (Lipinski definition) is 5. The number of nitrogens with zero attached hydrogens (tertiary/aromatic N) is 2. The molecule has 0 aliphatic heterocycles. The van der Waals surface area contributed by atoms with E-state index in [1.165, 1.54) is 31.7 Å². The van der Waals surface area contributed by atoms with Gasteiger partial charge in [0.2, 0.25) is 0 Å². The highest BCUT2D eigenvalue weighted by Crippen LogP contribution is 2.15. The molecular formula is C12H12N2O5S. The normalized spacial score (nSPS) is 11.7. The Kier molecular flexibility index (Phi) is 3.86. The lowest BCUT2D eigenvalue weighted by Gasteiger charge is -2.15. The second kappa shape index (κ2) is 5.43. The largest absolute Gasteiger partial charge is 0.478 e. The van der Waals surface area contributed by atoms with E-state index < -0.39 is 16.0 Å². The molecule has 0 fully saturated rings. The van der Waals surface area contributed by atoms with E-state index >= 15 is 0 Å². The number of carbonyl (C=O) groups is 1. The van der Waals surface area contributed by atoms with Crippen LogP contribution in [0.1, 0.15) is 15.9 Å². The average molecular weight is 296 g/mol. The number of hydrogen-bond donors (Lipinski definition) is 1. The van der Waals surface area contributed by atoms with E-state index in [9.17, 15) is 13.2 Å². The molecule has 0 amide bonds. The minimum Gasteiger partial charge on any atom is -0.478 e. The van der Waals surface area contributed by atoms with Crippen molar-refractivity contribution in [3.8, 4) is 0 Å². The van der Waals surface area contributed by atoms with E-state index in [4.69, 9.17) is 9.52 Å². The van der Waals surface area contributed by atoms with Crippen LogP contribution in [0.25, 0.3) is 0 Å². The molecule has 2 heterocycles. The van der Waals surface area contributed by atoms with Crippen molar-refractivity contribution in [3.05, 3.63) is 48.0 Å². The fourth-order valence-corrected chi connectivity index (χ4v) is 2.61. The number of aromatic nitrogens is 1. The summed E-state index contributed by atoms with van der Waals surface area (Å²) in [6.07, 6.45) is 3.92. The van der Waals surface area contributed by atoms with Crippen molar-refractivity contribution in [1.82, 2.24) is 9.29 Å². The predicted molar refractivity (Wildman–Crippen MR) is 68.6 cm³/mol. The van der Waals surface area contributed by atoms with Crippen LogP contribution >= 0.6 is 0 Å². The zero-order chi connectivity index (χ0) is 14.8. The van der Waals surface area contributed by atoms with Gasteiger partial charge in [-0.2, -0.15) is 4.31 Å². The highest BCUT2D eigenvalue weighted by Gasteiger charge is 2.23. The molecule has 20 heavy (non-hydrogen) atoms. The lowest BCUT2D eigenvalue weighted by Crippen LogP contribution is -2.27. The Bertz CT molecular complexity index is 692. The minimum absolute atomic E-state index is 0.0681. The Labute approximate surface area is 115 Å². The van der Waals surface area contributed by atoms with Crippen LogP contribution in [0.3, 0.4) is 0 Å². The van der Waals surface area contributed by atoms with Crippen LogP contribution in [0.5, 0.6) is 0 Å². The Hall–Kier alpha value is -2.19. The summed E-state index contributed by atoms with van der Waals surface area (Å²) in [5, 5.41) is 8.55. The molecule has 0 saturated heterocycles. The van der Waals surface area contributed by atoms with E-state index in [1.54, 1.807) is 6.07 Å². The summed E-state index contributed by atoms with van der Waals surface area (Å²) in [6, 6.07) is 4.03. The first-order chi connectivity index (χ1) is 9.41.